The van der Waals surface area contributed by atoms with Crippen molar-refractivity contribution in [1.29, 1.82) is 0 Å². The number of rotatable bonds is 13. The van der Waals surface area contributed by atoms with E-state index in [9.17, 15) is 22.4 Å². The van der Waals surface area contributed by atoms with E-state index in [0.29, 0.717) is 17.3 Å². The van der Waals surface area contributed by atoms with Gasteiger partial charge in [-0.3, -0.25) is 13.9 Å². The number of amides is 2. The zero-order valence-corrected chi connectivity index (χ0v) is 21.9. The van der Waals surface area contributed by atoms with Crippen LogP contribution in [0.25, 0.3) is 0 Å². The smallest absolute Gasteiger partial charge is 0.242 e. The molecule has 0 aromatic heterocycles. The number of nitrogens with zero attached hydrogens (tertiary/aromatic N) is 2. The number of sulfonamides is 1. The standard InChI is InChI=1S/C25H33ClFN3O4S/c1-4-5-16-28-25(32)19(2)29(18-20-8-10-21(26)11-9-20)24(31)7-6-17-30(35(3,33)34)23-14-12-22(27)13-15-23/h8-15,19H,4-7,16-18H2,1-3H3,(H,28,32)/t19-/m1/s1. The summed E-state index contributed by atoms with van der Waals surface area (Å²) in [6.07, 6.45) is 3.10. The van der Waals surface area contributed by atoms with Crippen LogP contribution in [0, 0.1) is 5.82 Å². The normalized spacial score (nSPS) is 12.1. The van der Waals surface area contributed by atoms with Crippen LogP contribution in [-0.2, 0) is 26.2 Å². The molecule has 10 heteroatoms. The molecule has 0 radical (unpaired) electrons. The molecule has 1 N–H and O–H groups in total. The molecule has 0 aliphatic carbocycles. The lowest BCUT2D eigenvalue weighted by Crippen LogP contribution is -2.47. The predicted octanol–water partition coefficient (Wildman–Crippen LogP) is 4.36. The maximum Gasteiger partial charge on any atom is 0.242 e. The van der Waals surface area contributed by atoms with Crippen LogP contribution in [0.15, 0.2) is 48.5 Å². The van der Waals surface area contributed by atoms with Gasteiger partial charge in [-0.1, -0.05) is 37.1 Å². The highest BCUT2D eigenvalue weighted by atomic mass is 35.5. The number of hydrogen-bond donors (Lipinski definition) is 1. The second kappa shape index (κ2) is 13.4. The zero-order chi connectivity index (χ0) is 26.0. The van der Waals surface area contributed by atoms with Gasteiger partial charge < -0.3 is 10.2 Å². The lowest BCUT2D eigenvalue weighted by molar-refractivity contribution is -0.140. The summed E-state index contributed by atoms with van der Waals surface area (Å²) >= 11 is 5.97. The molecule has 1 atom stereocenters. The van der Waals surface area contributed by atoms with Gasteiger partial charge in [-0.25, -0.2) is 12.8 Å². The predicted molar refractivity (Wildman–Crippen MR) is 137 cm³/mol. The maximum absolute atomic E-state index is 13.3. The van der Waals surface area contributed by atoms with E-state index in [2.05, 4.69) is 5.32 Å². The molecule has 0 fully saturated rings. The van der Waals surface area contributed by atoms with Crippen LogP contribution in [0.5, 0.6) is 0 Å². The SMILES string of the molecule is CCCCNC(=O)[C@@H](C)N(Cc1ccc(Cl)cc1)C(=O)CCCN(c1ccc(F)cc1)S(C)(=O)=O. The van der Waals surface area contributed by atoms with Crippen LogP contribution in [-0.4, -0.2) is 50.5 Å². The second-order valence-corrected chi connectivity index (χ2v) is 10.7. The molecule has 0 heterocycles. The number of hydrogen-bond acceptors (Lipinski definition) is 4. The van der Waals surface area contributed by atoms with E-state index in [0.717, 1.165) is 29.0 Å². The van der Waals surface area contributed by atoms with E-state index in [1.54, 1.807) is 31.2 Å². The Morgan fingerprint density at radius 1 is 1.06 bits per heavy atom. The molecule has 35 heavy (non-hydrogen) atoms. The Kier molecular flexibility index (Phi) is 11.0. The van der Waals surface area contributed by atoms with Crippen molar-refractivity contribution >= 4 is 39.1 Å². The molecule has 0 bridgehead atoms. The van der Waals surface area contributed by atoms with Gasteiger partial charge in [-0.05, 0) is 61.7 Å². The van der Waals surface area contributed by atoms with E-state index in [1.807, 2.05) is 6.92 Å². The van der Waals surface area contributed by atoms with Gasteiger partial charge in [0, 0.05) is 31.1 Å². The van der Waals surface area contributed by atoms with Crippen molar-refractivity contribution in [3.63, 3.8) is 0 Å². The number of anilines is 1. The summed E-state index contributed by atoms with van der Waals surface area (Å²) in [4.78, 5) is 27.4. The molecular weight excluding hydrogens is 493 g/mol. The van der Waals surface area contributed by atoms with Crippen LogP contribution < -0.4 is 9.62 Å². The number of halogens is 2. The molecular formula is C25H33ClFN3O4S. The highest BCUT2D eigenvalue weighted by Gasteiger charge is 2.26. The lowest BCUT2D eigenvalue weighted by Gasteiger charge is -2.29. The molecule has 0 saturated heterocycles. The van der Waals surface area contributed by atoms with Crippen LogP contribution in [0.2, 0.25) is 5.02 Å². The summed E-state index contributed by atoms with van der Waals surface area (Å²) < 4.78 is 39.0. The van der Waals surface area contributed by atoms with Crippen molar-refractivity contribution in [2.45, 2.75) is 52.1 Å². The topological polar surface area (TPSA) is 86.8 Å². The molecule has 7 nitrogen and oxygen atoms in total. The summed E-state index contributed by atoms with van der Waals surface area (Å²) in [6, 6.07) is 11.5. The molecule has 0 aliphatic heterocycles. The number of nitrogens with one attached hydrogen (secondary N) is 1. The van der Waals surface area contributed by atoms with Crippen LogP contribution in [0.1, 0.15) is 45.1 Å². The van der Waals surface area contributed by atoms with Gasteiger partial charge in [0.15, 0.2) is 0 Å². The third kappa shape index (κ3) is 9.14. The molecule has 0 aliphatic rings. The fourth-order valence-electron chi connectivity index (χ4n) is 3.52. The number of unbranched alkanes of at least 4 members (excludes halogenated alkanes) is 1. The Morgan fingerprint density at radius 2 is 1.69 bits per heavy atom. The molecule has 2 amide bonds. The minimum Gasteiger partial charge on any atom is -0.354 e. The zero-order valence-electron chi connectivity index (χ0n) is 20.3. The van der Waals surface area contributed by atoms with Crippen LogP contribution >= 0.6 is 11.6 Å². The highest BCUT2D eigenvalue weighted by Crippen LogP contribution is 2.20. The highest BCUT2D eigenvalue weighted by molar-refractivity contribution is 7.92. The second-order valence-electron chi connectivity index (χ2n) is 8.38. The Bertz CT molecular complexity index is 1080. The number of carbonyl (C=O) groups excluding carboxylic acids is 2. The summed E-state index contributed by atoms with van der Waals surface area (Å²) in [5.74, 6) is -0.989. The molecule has 0 saturated carbocycles. The minimum absolute atomic E-state index is 0.0351. The molecule has 2 rings (SSSR count). The molecule has 0 unspecified atom stereocenters. The van der Waals surface area contributed by atoms with Crippen molar-refractivity contribution < 1.29 is 22.4 Å². The molecule has 2 aromatic carbocycles. The van der Waals surface area contributed by atoms with E-state index < -0.39 is 21.9 Å². The number of carbonyl (C=O) groups is 2. The van der Waals surface area contributed by atoms with Crippen molar-refractivity contribution in [2.24, 2.45) is 0 Å². The van der Waals surface area contributed by atoms with Gasteiger partial charge in [0.25, 0.3) is 0 Å². The molecule has 0 spiro atoms. The Labute approximate surface area is 212 Å². The first kappa shape index (κ1) is 28.6. The quantitative estimate of drug-likeness (QED) is 0.394. The van der Waals surface area contributed by atoms with E-state index in [1.165, 1.54) is 29.2 Å². The fourth-order valence-corrected chi connectivity index (χ4v) is 4.61. The van der Waals surface area contributed by atoms with Gasteiger partial charge in [0.1, 0.15) is 11.9 Å². The first-order valence-electron chi connectivity index (χ1n) is 11.6. The minimum atomic E-state index is -3.63. The third-order valence-corrected chi connectivity index (χ3v) is 6.98. The Balaban J connectivity index is 2.12. The van der Waals surface area contributed by atoms with Crippen molar-refractivity contribution in [2.75, 3.05) is 23.7 Å². The van der Waals surface area contributed by atoms with Gasteiger partial charge in [-0.15, -0.1) is 0 Å². The van der Waals surface area contributed by atoms with Crippen LogP contribution in [0.3, 0.4) is 0 Å². The molecule has 2 aromatic rings. The Hall–Kier alpha value is -2.65. The van der Waals surface area contributed by atoms with E-state index >= 15 is 0 Å². The molecule has 192 valence electrons. The lowest BCUT2D eigenvalue weighted by atomic mass is 10.1. The van der Waals surface area contributed by atoms with Crippen molar-refractivity contribution in [3.8, 4) is 0 Å². The Morgan fingerprint density at radius 3 is 2.26 bits per heavy atom. The van der Waals surface area contributed by atoms with Gasteiger partial charge in [0.2, 0.25) is 21.8 Å². The van der Waals surface area contributed by atoms with E-state index in [4.69, 9.17) is 11.6 Å². The van der Waals surface area contributed by atoms with Crippen LogP contribution in [0.4, 0.5) is 10.1 Å². The van der Waals surface area contributed by atoms with Gasteiger partial charge in [0.05, 0.1) is 11.9 Å². The largest absolute Gasteiger partial charge is 0.354 e. The van der Waals surface area contributed by atoms with Gasteiger partial charge >= 0.3 is 0 Å². The average Bonchev–Trinajstić information content (AvgIpc) is 2.81. The summed E-state index contributed by atoms with van der Waals surface area (Å²) in [5.41, 5.74) is 1.14. The van der Waals surface area contributed by atoms with Crippen molar-refractivity contribution in [3.05, 3.63) is 64.9 Å². The fraction of sp³-hybridized carbons (Fsp3) is 0.440. The average molecular weight is 526 g/mol. The van der Waals surface area contributed by atoms with E-state index in [-0.39, 0.29) is 37.7 Å². The summed E-state index contributed by atoms with van der Waals surface area (Å²) in [5, 5.41) is 3.43. The first-order valence-corrected chi connectivity index (χ1v) is 13.8. The number of benzene rings is 2. The monoisotopic (exact) mass is 525 g/mol. The third-order valence-electron chi connectivity index (χ3n) is 5.53. The summed E-state index contributed by atoms with van der Waals surface area (Å²) in [7, 11) is -3.63. The van der Waals surface area contributed by atoms with Crippen molar-refractivity contribution in [1.82, 2.24) is 10.2 Å². The van der Waals surface area contributed by atoms with Gasteiger partial charge in [-0.2, -0.15) is 0 Å². The maximum atomic E-state index is 13.3. The summed E-state index contributed by atoms with van der Waals surface area (Å²) in [6.45, 7) is 4.49. The first-order chi connectivity index (χ1) is 16.5.